The summed E-state index contributed by atoms with van der Waals surface area (Å²) in [5.41, 5.74) is 8.17. The van der Waals surface area contributed by atoms with Crippen LogP contribution in [0.2, 0.25) is 0 Å². The number of rotatable bonds is 1. The highest BCUT2D eigenvalue weighted by molar-refractivity contribution is 5.68. The Labute approximate surface area is 104 Å². The monoisotopic (exact) mass is 226 g/mol. The van der Waals surface area contributed by atoms with E-state index in [0.717, 1.165) is 0 Å². The van der Waals surface area contributed by atoms with E-state index >= 15 is 0 Å². The quantitative estimate of drug-likeness (QED) is 0.656. The fourth-order valence-electron chi connectivity index (χ4n) is 2.38. The van der Waals surface area contributed by atoms with Gasteiger partial charge in [-0.25, -0.2) is 4.57 Å². The van der Waals surface area contributed by atoms with E-state index in [1.165, 1.54) is 33.5 Å². The molecule has 1 heteroatoms. The topological polar surface area (TPSA) is 3.88 Å². The smallest absolute Gasteiger partial charge is 0.201 e. The van der Waals surface area contributed by atoms with Crippen LogP contribution in [0.3, 0.4) is 0 Å². The molecule has 0 N–H and O–H groups in total. The molecule has 0 aliphatic carbocycles. The van der Waals surface area contributed by atoms with Crippen molar-refractivity contribution in [3.05, 3.63) is 52.7 Å². The lowest BCUT2D eigenvalue weighted by Crippen LogP contribution is -2.30. The molecular weight excluding hydrogens is 206 g/mol. The van der Waals surface area contributed by atoms with Crippen LogP contribution in [-0.4, -0.2) is 0 Å². The number of pyridine rings is 1. The summed E-state index contributed by atoms with van der Waals surface area (Å²) in [5, 5.41) is 0. The van der Waals surface area contributed by atoms with E-state index < -0.39 is 0 Å². The zero-order chi connectivity index (χ0) is 12.6. The zero-order valence-corrected chi connectivity index (χ0v) is 11.3. The average molecular weight is 226 g/mol. The summed E-state index contributed by atoms with van der Waals surface area (Å²) in [4.78, 5) is 0. The van der Waals surface area contributed by atoms with Crippen molar-refractivity contribution in [2.45, 2.75) is 27.7 Å². The van der Waals surface area contributed by atoms with Crippen LogP contribution in [0.1, 0.15) is 22.3 Å². The summed E-state index contributed by atoms with van der Waals surface area (Å²) in [6.07, 6.45) is 2.10. The molecule has 88 valence electrons. The Bertz CT molecular complexity index is 542. The standard InChI is InChI=1S/C16H20N/c1-11-10-12(2)14(4)16(13(11)3)15-8-6-7-9-17(15)5/h6-10H,1-5H3/q+1. The Balaban J connectivity index is 2.80. The first-order valence-electron chi connectivity index (χ1n) is 6.05. The second-order valence-corrected chi connectivity index (χ2v) is 4.83. The molecule has 0 saturated carbocycles. The number of aryl methyl sites for hydroxylation is 3. The molecule has 0 radical (unpaired) electrons. The number of benzene rings is 1. The molecule has 1 nitrogen and oxygen atoms in total. The number of hydrogen-bond donors (Lipinski definition) is 0. The zero-order valence-electron chi connectivity index (χ0n) is 11.3. The lowest BCUT2D eigenvalue weighted by Gasteiger charge is -2.13. The summed E-state index contributed by atoms with van der Waals surface area (Å²) in [6, 6.07) is 8.63. The van der Waals surface area contributed by atoms with E-state index in [1.54, 1.807) is 0 Å². The Morgan fingerprint density at radius 1 is 0.882 bits per heavy atom. The predicted molar refractivity (Wildman–Crippen MR) is 72.0 cm³/mol. The molecule has 1 aromatic heterocycles. The summed E-state index contributed by atoms with van der Waals surface area (Å²) >= 11 is 0. The minimum absolute atomic E-state index is 1.29. The van der Waals surface area contributed by atoms with Gasteiger partial charge < -0.3 is 0 Å². The summed E-state index contributed by atoms with van der Waals surface area (Å²) < 4.78 is 2.19. The third-order valence-corrected chi connectivity index (χ3v) is 3.68. The van der Waals surface area contributed by atoms with Gasteiger partial charge in [-0.3, -0.25) is 0 Å². The second kappa shape index (κ2) is 4.33. The molecule has 0 unspecified atom stereocenters. The van der Waals surface area contributed by atoms with E-state index in [2.05, 4.69) is 69.8 Å². The maximum absolute atomic E-state index is 2.27. The van der Waals surface area contributed by atoms with Crippen molar-refractivity contribution in [3.8, 4) is 11.3 Å². The van der Waals surface area contributed by atoms with Gasteiger partial charge in [-0.2, -0.15) is 0 Å². The molecule has 0 amide bonds. The molecule has 0 fully saturated rings. The lowest BCUT2D eigenvalue weighted by atomic mass is 9.92. The molecule has 17 heavy (non-hydrogen) atoms. The molecule has 0 aliphatic heterocycles. The summed E-state index contributed by atoms with van der Waals surface area (Å²) in [5.74, 6) is 0. The van der Waals surface area contributed by atoms with Crippen LogP contribution in [0.4, 0.5) is 0 Å². The van der Waals surface area contributed by atoms with Crippen molar-refractivity contribution in [2.24, 2.45) is 7.05 Å². The van der Waals surface area contributed by atoms with Crippen molar-refractivity contribution >= 4 is 0 Å². The summed E-state index contributed by atoms with van der Waals surface area (Å²) in [6.45, 7) is 8.80. The number of hydrogen-bond acceptors (Lipinski definition) is 0. The highest BCUT2D eigenvalue weighted by Crippen LogP contribution is 2.29. The third kappa shape index (κ3) is 1.97. The Hall–Kier alpha value is -1.63. The molecule has 2 rings (SSSR count). The SMILES string of the molecule is Cc1cc(C)c(C)c(-c2cccc[n+]2C)c1C. The van der Waals surface area contributed by atoms with Crippen molar-refractivity contribution < 1.29 is 4.57 Å². The van der Waals surface area contributed by atoms with Gasteiger partial charge in [0.1, 0.15) is 7.05 Å². The van der Waals surface area contributed by atoms with Crippen LogP contribution >= 0.6 is 0 Å². The summed E-state index contributed by atoms with van der Waals surface area (Å²) in [7, 11) is 2.10. The van der Waals surface area contributed by atoms with Gasteiger partial charge >= 0.3 is 0 Å². The largest absolute Gasteiger partial charge is 0.212 e. The van der Waals surface area contributed by atoms with E-state index in [0.29, 0.717) is 0 Å². The number of nitrogens with zero attached hydrogens (tertiary/aromatic N) is 1. The first kappa shape index (κ1) is 11.8. The predicted octanol–water partition coefficient (Wildman–Crippen LogP) is 3.41. The van der Waals surface area contributed by atoms with Crippen molar-refractivity contribution in [1.82, 2.24) is 0 Å². The van der Waals surface area contributed by atoms with Crippen LogP contribution in [0.15, 0.2) is 30.5 Å². The maximum Gasteiger partial charge on any atom is 0.212 e. The molecule has 0 spiro atoms. The normalized spacial score (nSPS) is 10.6. The molecular formula is C16H20N+. The fourth-order valence-corrected chi connectivity index (χ4v) is 2.38. The lowest BCUT2D eigenvalue weighted by molar-refractivity contribution is -0.660. The van der Waals surface area contributed by atoms with E-state index in [9.17, 15) is 0 Å². The van der Waals surface area contributed by atoms with Crippen LogP contribution in [0.25, 0.3) is 11.3 Å². The van der Waals surface area contributed by atoms with Crippen LogP contribution in [0, 0.1) is 27.7 Å². The Kier molecular flexibility index (Phi) is 3.01. The van der Waals surface area contributed by atoms with Gasteiger partial charge in [0.2, 0.25) is 5.69 Å². The number of aromatic nitrogens is 1. The Morgan fingerprint density at radius 3 is 2.00 bits per heavy atom. The minimum Gasteiger partial charge on any atom is -0.201 e. The highest BCUT2D eigenvalue weighted by Gasteiger charge is 2.16. The molecule has 0 aliphatic rings. The van der Waals surface area contributed by atoms with E-state index in [1.807, 2.05) is 0 Å². The molecule has 0 atom stereocenters. The van der Waals surface area contributed by atoms with Crippen molar-refractivity contribution in [1.29, 1.82) is 0 Å². The Morgan fingerprint density at radius 2 is 1.47 bits per heavy atom. The maximum atomic E-state index is 2.27. The van der Waals surface area contributed by atoms with Crippen LogP contribution in [0.5, 0.6) is 0 Å². The van der Waals surface area contributed by atoms with Gasteiger partial charge in [0.15, 0.2) is 6.20 Å². The van der Waals surface area contributed by atoms with E-state index in [4.69, 9.17) is 0 Å². The van der Waals surface area contributed by atoms with Crippen molar-refractivity contribution in [2.75, 3.05) is 0 Å². The van der Waals surface area contributed by atoms with Gasteiger partial charge in [0.25, 0.3) is 0 Å². The minimum atomic E-state index is 1.29. The average Bonchev–Trinajstić information content (AvgIpc) is 2.29. The van der Waals surface area contributed by atoms with E-state index in [-0.39, 0.29) is 0 Å². The van der Waals surface area contributed by atoms with Crippen LogP contribution < -0.4 is 4.57 Å². The fraction of sp³-hybridized carbons (Fsp3) is 0.312. The van der Waals surface area contributed by atoms with Gasteiger partial charge in [0.05, 0.1) is 5.56 Å². The van der Waals surface area contributed by atoms with Gasteiger partial charge in [-0.15, -0.1) is 0 Å². The molecule has 0 bridgehead atoms. The third-order valence-electron chi connectivity index (χ3n) is 3.68. The van der Waals surface area contributed by atoms with Gasteiger partial charge in [0, 0.05) is 12.1 Å². The molecule has 2 aromatic rings. The first-order chi connectivity index (χ1) is 8.02. The second-order valence-electron chi connectivity index (χ2n) is 4.83. The van der Waals surface area contributed by atoms with Crippen molar-refractivity contribution in [3.63, 3.8) is 0 Å². The van der Waals surface area contributed by atoms with Crippen LogP contribution in [-0.2, 0) is 7.05 Å². The van der Waals surface area contributed by atoms with Gasteiger partial charge in [-0.05, 0) is 56.0 Å². The van der Waals surface area contributed by atoms with Gasteiger partial charge in [-0.1, -0.05) is 6.07 Å². The first-order valence-corrected chi connectivity index (χ1v) is 6.05. The molecule has 1 aromatic carbocycles. The molecule has 0 saturated heterocycles. The highest BCUT2D eigenvalue weighted by atomic mass is 14.9. The molecule has 1 heterocycles.